The Labute approximate surface area is 173 Å². The SMILES string of the molecule is CCCN(CC#N)CC(=O)N1CCN(S(=O)(=O)c2ccc3c(c2)CCCC3)CC1. The molecule has 1 aliphatic heterocycles. The summed E-state index contributed by atoms with van der Waals surface area (Å²) in [5.41, 5.74) is 2.42. The lowest BCUT2D eigenvalue weighted by Crippen LogP contribution is -2.52. The van der Waals surface area contributed by atoms with Crippen molar-refractivity contribution < 1.29 is 13.2 Å². The molecule has 29 heavy (non-hydrogen) atoms. The van der Waals surface area contributed by atoms with Crippen LogP contribution in [-0.4, -0.2) is 74.2 Å². The van der Waals surface area contributed by atoms with Crippen LogP contribution in [0.1, 0.15) is 37.3 Å². The number of carbonyl (C=O) groups excluding carboxylic acids is 1. The maximum absolute atomic E-state index is 13.1. The van der Waals surface area contributed by atoms with Gasteiger partial charge in [-0.1, -0.05) is 13.0 Å². The van der Waals surface area contributed by atoms with Gasteiger partial charge in [-0.05, 0) is 61.9 Å². The Hall–Kier alpha value is -1.95. The fourth-order valence-electron chi connectivity index (χ4n) is 4.12. The smallest absolute Gasteiger partial charge is 0.243 e. The summed E-state index contributed by atoms with van der Waals surface area (Å²) in [6.07, 6.45) is 5.12. The van der Waals surface area contributed by atoms with Gasteiger partial charge in [-0.2, -0.15) is 9.57 Å². The highest BCUT2D eigenvalue weighted by molar-refractivity contribution is 7.89. The van der Waals surface area contributed by atoms with Gasteiger partial charge in [-0.3, -0.25) is 9.69 Å². The molecule has 2 aliphatic rings. The van der Waals surface area contributed by atoms with Gasteiger partial charge in [0.2, 0.25) is 15.9 Å². The van der Waals surface area contributed by atoms with Crippen molar-refractivity contribution in [2.24, 2.45) is 0 Å². The lowest BCUT2D eigenvalue weighted by molar-refractivity contribution is -0.133. The van der Waals surface area contributed by atoms with E-state index in [0.717, 1.165) is 31.2 Å². The van der Waals surface area contributed by atoms with E-state index in [0.29, 0.717) is 37.6 Å². The molecule has 0 spiro atoms. The average molecular weight is 419 g/mol. The minimum absolute atomic E-state index is 0.0421. The third-order valence-corrected chi connectivity index (χ3v) is 7.64. The van der Waals surface area contributed by atoms with Crippen LogP contribution in [0.25, 0.3) is 0 Å². The summed E-state index contributed by atoms with van der Waals surface area (Å²) in [6.45, 7) is 4.52. The summed E-state index contributed by atoms with van der Waals surface area (Å²) in [5, 5.41) is 8.90. The molecule has 1 amide bonds. The highest BCUT2D eigenvalue weighted by Gasteiger charge is 2.31. The minimum Gasteiger partial charge on any atom is -0.339 e. The zero-order valence-electron chi connectivity index (χ0n) is 17.1. The van der Waals surface area contributed by atoms with Gasteiger partial charge in [0.15, 0.2) is 0 Å². The van der Waals surface area contributed by atoms with Gasteiger partial charge < -0.3 is 4.90 Å². The van der Waals surface area contributed by atoms with Crippen LogP contribution in [0.15, 0.2) is 23.1 Å². The second-order valence-corrected chi connectivity index (χ2v) is 9.73. The van der Waals surface area contributed by atoms with Gasteiger partial charge in [0.05, 0.1) is 24.1 Å². The van der Waals surface area contributed by atoms with E-state index in [4.69, 9.17) is 5.26 Å². The number of hydrogen-bond acceptors (Lipinski definition) is 5. The van der Waals surface area contributed by atoms with E-state index >= 15 is 0 Å². The van der Waals surface area contributed by atoms with Gasteiger partial charge in [0, 0.05) is 26.2 Å². The predicted molar refractivity (Wildman–Crippen MR) is 111 cm³/mol. The van der Waals surface area contributed by atoms with E-state index in [1.165, 1.54) is 16.3 Å². The van der Waals surface area contributed by atoms with Crippen LogP contribution >= 0.6 is 0 Å². The maximum Gasteiger partial charge on any atom is 0.243 e. The quantitative estimate of drug-likeness (QED) is 0.629. The van der Waals surface area contributed by atoms with Crippen molar-refractivity contribution in [2.75, 3.05) is 45.8 Å². The molecule has 0 unspecified atom stereocenters. The lowest BCUT2D eigenvalue weighted by Gasteiger charge is -2.35. The number of benzene rings is 1. The van der Waals surface area contributed by atoms with Crippen LogP contribution in [0, 0.1) is 11.3 Å². The van der Waals surface area contributed by atoms with Crippen LogP contribution in [0.2, 0.25) is 0 Å². The first-order valence-corrected chi connectivity index (χ1v) is 11.9. The number of aryl methyl sites for hydroxylation is 2. The average Bonchev–Trinajstić information content (AvgIpc) is 2.74. The summed E-state index contributed by atoms with van der Waals surface area (Å²) in [5.74, 6) is -0.0421. The molecule has 0 radical (unpaired) electrons. The van der Waals surface area contributed by atoms with Crippen LogP contribution in [0.5, 0.6) is 0 Å². The second kappa shape index (κ2) is 9.70. The summed E-state index contributed by atoms with van der Waals surface area (Å²) >= 11 is 0. The zero-order chi connectivity index (χ0) is 20.9. The van der Waals surface area contributed by atoms with Crippen molar-refractivity contribution in [3.05, 3.63) is 29.3 Å². The molecule has 3 rings (SSSR count). The Morgan fingerprint density at radius 2 is 1.83 bits per heavy atom. The molecule has 7 nitrogen and oxygen atoms in total. The Balaban J connectivity index is 1.61. The Bertz CT molecular complexity index is 870. The van der Waals surface area contributed by atoms with Gasteiger partial charge in [-0.25, -0.2) is 8.42 Å². The van der Waals surface area contributed by atoms with Crippen molar-refractivity contribution >= 4 is 15.9 Å². The molecule has 1 aliphatic carbocycles. The first-order valence-electron chi connectivity index (χ1n) is 10.4. The first kappa shape index (κ1) is 21.8. The number of sulfonamides is 1. The monoisotopic (exact) mass is 418 g/mol. The van der Waals surface area contributed by atoms with E-state index in [9.17, 15) is 13.2 Å². The predicted octanol–water partition coefficient (Wildman–Crippen LogP) is 1.63. The summed E-state index contributed by atoms with van der Waals surface area (Å²) in [7, 11) is -3.54. The Morgan fingerprint density at radius 3 is 2.48 bits per heavy atom. The molecule has 0 atom stereocenters. The molecule has 0 N–H and O–H groups in total. The fraction of sp³-hybridized carbons (Fsp3) is 0.619. The highest BCUT2D eigenvalue weighted by Crippen LogP contribution is 2.26. The number of rotatable bonds is 7. The second-order valence-electron chi connectivity index (χ2n) is 7.79. The summed E-state index contributed by atoms with van der Waals surface area (Å²) in [4.78, 5) is 16.5. The number of nitrogens with zero attached hydrogens (tertiary/aromatic N) is 4. The van der Waals surface area contributed by atoms with Gasteiger partial charge in [0.1, 0.15) is 0 Å². The molecule has 0 aromatic heterocycles. The molecule has 0 bridgehead atoms. The van der Waals surface area contributed by atoms with E-state index in [2.05, 4.69) is 6.07 Å². The normalized spacial score (nSPS) is 17.8. The van der Waals surface area contributed by atoms with Crippen molar-refractivity contribution in [3.63, 3.8) is 0 Å². The molecule has 1 heterocycles. The molecule has 158 valence electrons. The molecular formula is C21H30N4O3S. The lowest BCUT2D eigenvalue weighted by atomic mass is 9.92. The number of piperazine rings is 1. The van der Waals surface area contributed by atoms with Gasteiger partial charge >= 0.3 is 0 Å². The molecule has 1 fully saturated rings. The molecule has 1 aromatic carbocycles. The van der Waals surface area contributed by atoms with Crippen molar-refractivity contribution in [1.82, 2.24) is 14.1 Å². The van der Waals surface area contributed by atoms with Gasteiger partial charge in [0.25, 0.3) is 0 Å². The van der Waals surface area contributed by atoms with E-state index in [-0.39, 0.29) is 19.0 Å². The zero-order valence-corrected chi connectivity index (χ0v) is 18.0. The highest BCUT2D eigenvalue weighted by atomic mass is 32.2. The maximum atomic E-state index is 13.1. The topological polar surface area (TPSA) is 84.7 Å². The minimum atomic E-state index is -3.54. The summed E-state index contributed by atoms with van der Waals surface area (Å²) in [6, 6.07) is 7.62. The van der Waals surface area contributed by atoms with E-state index in [1.54, 1.807) is 11.0 Å². The molecule has 0 saturated carbocycles. The van der Waals surface area contributed by atoms with E-state index < -0.39 is 10.0 Å². The van der Waals surface area contributed by atoms with Crippen LogP contribution in [0.4, 0.5) is 0 Å². The van der Waals surface area contributed by atoms with Crippen LogP contribution in [0.3, 0.4) is 0 Å². The molecule has 8 heteroatoms. The van der Waals surface area contributed by atoms with Crippen LogP contribution < -0.4 is 0 Å². The first-order chi connectivity index (χ1) is 14.0. The number of hydrogen-bond donors (Lipinski definition) is 0. The largest absolute Gasteiger partial charge is 0.339 e. The number of carbonyl (C=O) groups is 1. The van der Waals surface area contributed by atoms with Crippen LogP contribution in [-0.2, 0) is 27.7 Å². The number of nitriles is 1. The van der Waals surface area contributed by atoms with Gasteiger partial charge in [-0.15, -0.1) is 0 Å². The Kier molecular flexibility index (Phi) is 7.28. The third kappa shape index (κ3) is 5.16. The number of amides is 1. The van der Waals surface area contributed by atoms with Crippen molar-refractivity contribution in [1.29, 1.82) is 5.26 Å². The molecule has 1 saturated heterocycles. The Morgan fingerprint density at radius 1 is 1.14 bits per heavy atom. The van der Waals surface area contributed by atoms with Crippen molar-refractivity contribution in [2.45, 2.75) is 43.9 Å². The third-order valence-electron chi connectivity index (χ3n) is 5.74. The standard InChI is InChI=1S/C21H30N4O3S/c1-2-10-23(11-9-22)17-21(26)24-12-14-25(15-13-24)29(27,28)20-8-7-18-5-3-4-6-19(18)16-20/h7-8,16H,2-6,10-15,17H2,1H3. The fourth-order valence-corrected chi connectivity index (χ4v) is 5.59. The summed E-state index contributed by atoms with van der Waals surface area (Å²) < 4.78 is 27.6. The molecular weight excluding hydrogens is 388 g/mol. The van der Waals surface area contributed by atoms with E-state index in [1.807, 2.05) is 24.0 Å². The molecule has 1 aromatic rings. The van der Waals surface area contributed by atoms with Crippen molar-refractivity contribution in [3.8, 4) is 6.07 Å². The number of fused-ring (bicyclic) bond motifs is 1.